The van der Waals surface area contributed by atoms with E-state index >= 15 is 0 Å². The Morgan fingerprint density at radius 1 is 1.26 bits per heavy atom. The molecule has 3 atom stereocenters. The molecular formula is C18H31N5O4. The van der Waals surface area contributed by atoms with Gasteiger partial charge < -0.3 is 25.8 Å². The summed E-state index contributed by atoms with van der Waals surface area (Å²) in [6.07, 6.45) is 7.50. The van der Waals surface area contributed by atoms with Gasteiger partial charge in [-0.3, -0.25) is 4.57 Å². The molecule has 27 heavy (non-hydrogen) atoms. The molecule has 1 aliphatic rings. The van der Waals surface area contributed by atoms with E-state index in [9.17, 15) is 0 Å². The van der Waals surface area contributed by atoms with Crippen LogP contribution in [0, 0.1) is 5.92 Å². The van der Waals surface area contributed by atoms with E-state index in [0.717, 1.165) is 19.3 Å². The van der Waals surface area contributed by atoms with Crippen molar-refractivity contribution in [2.24, 2.45) is 5.92 Å². The van der Waals surface area contributed by atoms with E-state index in [1.54, 1.807) is 6.33 Å². The molecule has 0 amide bonds. The Balaban J connectivity index is 0.000000249. The van der Waals surface area contributed by atoms with Crippen molar-refractivity contribution in [2.75, 3.05) is 12.3 Å². The lowest BCUT2D eigenvalue weighted by molar-refractivity contribution is -0.0465. The summed E-state index contributed by atoms with van der Waals surface area (Å²) in [4.78, 5) is 12.3. The number of nitrogens with zero attached hydrogens (tertiary/aromatic N) is 4. The number of anilines is 1. The van der Waals surface area contributed by atoms with Gasteiger partial charge in [0.25, 0.3) is 0 Å². The molecule has 2 aromatic rings. The molecule has 0 radical (unpaired) electrons. The van der Waals surface area contributed by atoms with Crippen LogP contribution < -0.4 is 5.73 Å². The summed E-state index contributed by atoms with van der Waals surface area (Å²) in [5, 5.41) is 26.0. The lowest BCUT2D eigenvalue weighted by atomic mass is 10.1. The highest BCUT2D eigenvalue weighted by molar-refractivity contribution is 5.81. The van der Waals surface area contributed by atoms with E-state index in [0.29, 0.717) is 23.4 Å². The van der Waals surface area contributed by atoms with Crippen LogP contribution in [0.1, 0.15) is 58.6 Å². The zero-order valence-corrected chi connectivity index (χ0v) is 16.0. The molecule has 1 fully saturated rings. The zero-order chi connectivity index (χ0) is 19.8. The van der Waals surface area contributed by atoms with E-state index in [2.05, 4.69) is 28.8 Å². The third kappa shape index (κ3) is 5.83. The number of nitrogens with two attached hydrogens (primary N) is 1. The Morgan fingerprint density at radius 3 is 2.67 bits per heavy atom. The van der Waals surface area contributed by atoms with Crippen LogP contribution >= 0.6 is 0 Å². The number of aliphatic hydroxyl groups excluding tert-OH is 2. The summed E-state index contributed by atoms with van der Waals surface area (Å²) in [5.41, 5.74) is 7.00. The number of ether oxygens (including phenoxy) is 1. The van der Waals surface area contributed by atoms with Gasteiger partial charge in [0.15, 0.2) is 17.8 Å². The first kappa shape index (κ1) is 21.5. The SMILES string of the molecule is CCCCCCC(O)O.C[C@H]1CC(CO)OC1n1cnc2c(N)ncnc21. The molecule has 5 N–H and O–H groups in total. The third-order valence-corrected chi connectivity index (χ3v) is 4.63. The lowest BCUT2D eigenvalue weighted by Crippen LogP contribution is -2.15. The maximum absolute atomic E-state index is 9.16. The summed E-state index contributed by atoms with van der Waals surface area (Å²) in [6, 6.07) is 0. The van der Waals surface area contributed by atoms with Crippen LogP contribution in [-0.4, -0.2) is 53.8 Å². The molecule has 3 rings (SSSR count). The number of hydrogen-bond donors (Lipinski definition) is 4. The smallest absolute Gasteiger partial charge is 0.167 e. The quantitative estimate of drug-likeness (QED) is 0.419. The fraction of sp³-hybridized carbons (Fsp3) is 0.722. The number of aliphatic hydroxyl groups is 3. The highest BCUT2D eigenvalue weighted by atomic mass is 16.5. The van der Waals surface area contributed by atoms with E-state index in [4.69, 9.17) is 25.8 Å². The van der Waals surface area contributed by atoms with E-state index < -0.39 is 6.29 Å². The number of rotatable bonds is 7. The highest BCUT2D eigenvalue weighted by Gasteiger charge is 2.34. The van der Waals surface area contributed by atoms with Gasteiger partial charge in [0.05, 0.1) is 19.0 Å². The maximum Gasteiger partial charge on any atom is 0.167 e. The van der Waals surface area contributed by atoms with Gasteiger partial charge in [-0.25, -0.2) is 15.0 Å². The first-order valence-electron chi connectivity index (χ1n) is 9.53. The molecule has 152 valence electrons. The number of aromatic nitrogens is 4. The predicted molar refractivity (Wildman–Crippen MR) is 101 cm³/mol. The van der Waals surface area contributed by atoms with Gasteiger partial charge in [0.1, 0.15) is 18.1 Å². The number of hydrogen-bond acceptors (Lipinski definition) is 8. The topological polar surface area (TPSA) is 140 Å². The van der Waals surface area contributed by atoms with Gasteiger partial charge in [-0.2, -0.15) is 0 Å². The van der Waals surface area contributed by atoms with Crippen molar-refractivity contribution in [3.05, 3.63) is 12.7 Å². The zero-order valence-electron chi connectivity index (χ0n) is 16.0. The summed E-state index contributed by atoms with van der Waals surface area (Å²) in [5.74, 6) is 0.652. The van der Waals surface area contributed by atoms with Crippen LogP contribution in [-0.2, 0) is 4.74 Å². The molecule has 9 nitrogen and oxygen atoms in total. The standard InChI is InChI=1S/C11H15N5O2.C7H16O2/c1-6-2-7(3-17)18-11(6)16-5-15-8-9(12)13-4-14-10(8)16;1-2-3-4-5-6-7(8)9/h4-7,11,17H,2-3H2,1H3,(H2,12,13,14);7-9H,2-6H2,1H3/t6-,7?,11?;/m0./s1. The second kappa shape index (κ2) is 10.5. The summed E-state index contributed by atoms with van der Waals surface area (Å²) in [6.45, 7) is 4.25. The fourth-order valence-corrected chi connectivity index (χ4v) is 3.19. The summed E-state index contributed by atoms with van der Waals surface area (Å²) in [7, 11) is 0. The summed E-state index contributed by atoms with van der Waals surface area (Å²) < 4.78 is 7.64. The molecule has 1 aliphatic heterocycles. The minimum atomic E-state index is -1.10. The molecule has 9 heteroatoms. The van der Waals surface area contributed by atoms with E-state index in [1.165, 1.54) is 19.2 Å². The van der Waals surface area contributed by atoms with Gasteiger partial charge in [-0.1, -0.05) is 33.1 Å². The van der Waals surface area contributed by atoms with Crippen molar-refractivity contribution in [2.45, 2.75) is 71.0 Å². The fourth-order valence-electron chi connectivity index (χ4n) is 3.19. The Bertz CT molecular complexity index is 693. The van der Waals surface area contributed by atoms with Gasteiger partial charge in [0.2, 0.25) is 0 Å². The molecule has 3 heterocycles. The lowest BCUT2D eigenvalue weighted by Gasteiger charge is -2.17. The van der Waals surface area contributed by atoms with Crippen molar-refractivity contribution in [1.29, 1.82) is 0 Å². The van der Waals surface area contributed by atoms with Crippen molar-refractivity contribution in [1.82, 2.24) is 19.5 Å². The van der Waals surface area contributed by atoms with Gasteiger partial charge in [0, 0.05) is 5.92 Å². The molecule has 0 bridgehead atoms. The Hall–Kier alpha value is -1.81. The van der Waals surface area contributed by atoms with Crippen LogP contribution in [0.15, 0.2) is 12.7 Å². The first-order chi connectivity index (χ1) is 13.0. The molecule has 0 aromatic carbocycles. The first-order valence-corrected chi connectivity index (χ1v) is 9.53. The van der Waals surface area contributed by atoms with Crippen molar-refractivity contribution >= 4 is 17.0 Å². The van der Waals surface area contributed by atoms with Crippen molar-refractivity contribution in [3.8, 4) is 0 Å². The Morgan fingerprint density at radius 2 is 2.04 bits per heavy atom. The molecule has 2 unspecified atom stereocenters. The van der Waals surface area contributed by atoms with Crippen LogP contribution in [0.25, 0.3) is 11.2 Å². The normalized spacial score (nSPS) is 22.2. The van der Waals surface area contributed by atoms with Crippen LogP contribution in [0.5, 0.6) is 0 Å². The highest BCUT2D eigenvalue weighted by Crippen LogP contribution is 2.35. The van der Waals surface area contributed by atoms with Gasteiger partial charge >= 0.3 is 0 Å². The second-order valence-corrected chi connectivity index (χ2v) is 6.96. The van der Waals surface area contributed by atoms with Gasteiger partial charge in [-0.05, 0) is 19.3 Å². The Labute approximate surface area is 159 Å². The maximum atomic E-state index is 9.16. The van der Waals surface area contributed by atoms with E-state index in [-0.39, 0.29) is 24.9 Å². The third-order valence-electron chi connectivity index (χ3n) is 4.63. The molecule has 0 spiro atoms. The molecule has 2 aromatic heterocycles. The van der Waals surface area contributed by atoms with Crippen LogP contribution in [0.4, 0.5) is 5.82 Å². The average Bonchev–Trinajstić information content (AvgIpc) is 3.23. The number of fused-ring (bicyclic) bond motifs is 1. The average molecular weight is 381 g/mol. The monoisotopic (exact) mass is 381 g/mol. The number of nitrogen functional groups attached to an aromatic ring is 1. The van der Waals surface area contributed by atoms with Crippen LogP contribution in [0.2, 0.25) is 0 Å². The van der Waals surface area contributed by atoms with E-state index in [1.807, 2.05) is 4.57 Å². The predicted octanol–water partition coefficient (Wildman–Crippen LogP) is 1.59. The van der Waals surface area contributed by atoms with Crippen LogP contribution in [0.3, 0.4) is 0 Å². The minimum absolute atomic E-state index is 0.0323. The number of imidazole rings is 1. The minimum Gasteiger partial charge on any atom is -0.394 e. The summed E-state index contributed by atoms with van der Waals surface area (Å²) >= 11 is 0. The van der Waals surface area contributed by atoms with Crippen molar-refractivity contribution < 1.29 is 20.1 Å². The Kier molecular flexibility index (Phi) is 8.36. The largest absolute Gasteiger partial charge is 0.394 e. The van der Waals surface area contributed by atoms with Crippen molar-refractivity contribution in [3.63, 3.8) is 0 Å². The molecular weight excluding hydrogens is 350 g/mol. The molecule has 0 aliphatic carbocycles. The van der Waals surface area contributed by atoms with Gasteiger partial charge in [-0.15, -0.1) is 0 Å². The molecule has 0 saturated carbocycles. The second-order valence-electron chi connectivity index (χ2n) is 6.96. The number of unbranched alkanes of at least 4 members (excludes halogenated alkanes) is 3. The molecule has 1 saturated heterocycles.